The first-order valence-electron chi connectivity index (χ1n) is 5.92. The Hall–Kier alpha value is -2.60. The number of aromatic nitrogens is 1. The van der Waals surface area contributed by atoms with Crippen LogP contribution in [0, 0.1) is 0 Å². The minimum absolute atomic E-state index is 0.147. The first-order valence-corrected chi connectivity index (χ1v) is 6.30. The second kappa shape index (κ2) is 6.23. The van der Waals surface area contributed by atoms with Crippen LogP contribution in [-0.4, -0.2) is 23.9 Å². The van der Waals surface area contributed by atoms with Gasteiger partial charge in [0.2, 0.25) is 5.91 Å². The Balaban J connectivity index is 2.31. The lowest BCUT2D eigenvalue weighted by Crippen LogP contribution is -2.16. The molecule has 0 saturated heterocycles. The smallest absolute Gasteiger partial charge is 0.274 e. The van der Waals surface area contributed by atoms with E-state index in [1.807, 2.05) is 0 Å². The van der Waals surface area contributed by atoms with E-state index in [1.165, 1.54) is 31.5 Å². The highest BCUT2D eigenvalue weighted by molar-refractivity contribution is 6.31. The molecular formula is C14H12ClN3O3. The minimum Gasteiger partial charge on any atom is -0.495 e. The Labute approximate surface area is 125 Å². The second-order valence-corrected chi connectivity index (χ2v) is 4.53. The van der Waals surface area contributed by atoms with Gasteiger partial charge >= 0.3 is 0 Å². The van der Waals surface area contributed by atoms with Crippen LogP contribution in [0.25, 0.3) is 0 Å². The van der Waals surface area contributed by atoms with Gasteiger partial charge in [-0.1, -0.05) is 11.6 Å². The van der Waals surface area contributed by atoms with Crippen molar-refractivity contribution in [3.8, 4) is 5.75 Å². The van der Waals surface area contributed by atoms with Crippen LogP contribution in [0.1, 0.15) is 20.8 Å². The zero-order valence-corrected chi connectivity index (χ0v) is 11.8. The molecule has 21 heavy (non-hydrogen) atoms. The number of halogens is 1. The summed E-state index contributed by atoms with van der Waals surface area (Å²) in [6.07, 6.45) is 1.42. The van der Waals surface area contributed by atoms with Gasteiger partial charge in [0.15, 0.2) is 0 Å². The number of pyridine rings is 1. The average Bonchev–Trinajstić information content (AvgIpc) is 2.47. The van der Waals surface area contributed by atoms with E-state index in [9.17, 15) is 9.59 Å². The second-order valence-electron chi connectivity index (χ2n) is 4.09. The predicted molar refractivity (Wildman–Crippen MR) is 78.7 cm³/mol. The number of rotatable bonds is 4. The Kier molecular flexibility index (Phi) is 4.39. The van der Waals surface area contributed by atoms with Crippen LogP contribution in [0.5, 0.6) is 5.75 Å². The summed E-state index contributed by atoms with van der Waals surface area (Å²) in [6.45, 7) is 0. The van der Waals surface area contributed by atoms with Crippen molar-refractivity contribution in [1.29, 1.82) is 0 Å². The number of nitrogens with one attached hydrogen (secondary N) is 1. The van der Waals surface area contributed by atoms with Gasteiger partial charge in [-0.2, -0.15) is 0 Å². The number of hydrogen-bond acceptors (Lipinski definition) is 4. The topological polar surface area (TPSA) is 94.3 Å². The van der Waals surface area contributed by atoms with Crippen molar-refractivity contribution in [2.75, 3.05) is 12.4 Å². The lowest BCUT2D eigenvalue weighted by atomic mass is 10.1. The summed E-state index contributed by atoms with van der Waals surface area (Å²) in [6, 6.07) is 7.48. The zero-order chi connectivity index (χ0) is 15.4. The van der Waals surface area contributed by atoms with E-state index in [0.717, 1.165) is 0 Å². The van der Waals surface area contributed by atoms with E-state index in [2.05, 4.69) is 10.3 Å². The highest BCUT2D eigenvalue weighted by atomic mass is 35.5. The Bertz CT molecular complexity index is 704. The molecule has 2 amide bonds. The van der Waals surface area contributed by atoms with E-state index in [0.29, 0.717) is 16.5 Å². The van der Waals surface area contributed by atoms with Crippen molar-refractivity contribution >= 4 is 29.1 Å². The molecule has 0 aliphatic heterocycles. The van der Waals surface area contributed by atoms with Gasteiger partial charge in [-0.05, 0) is 30.3 Å². The number of carbonyl (C=O) groups is 2. The van der Waals surface area contributed by atoms with E-state index < -0.39 is 11.8 Å². The molecule has 0 radical (unpaired) electrons. The monoisotopic (exact) mass is 305 g/mol. The number of ether oxygens (including phenoxy) is 1. The zero-order valence-electron chi connectivity index (χ0n) is 11.1. The molecule has 108 valence electrons. The molecular weight excluding hydrogens is 294 g/mol. The maximum absolute atomic E-state index is 12.1. The summed E-state index contributed by atoms with van der Waals surface area (Å²) in [7, 11) is 1.45. The summed E-state index contributed by atoms with van der Waals surface area (Å²) in [5.74, 6) is -0.679. The van der Waals surface area contributed by atoms with Crippen molar-refractivity contribution in [1.82, 2.24) is 4.98 Å². The molecule has 3 N–H and O–H groups in total. The van der Waals surface area contributed by atoms with Crippen molar-refractivity contribution in [2.45, 2.75) is 0 Å². The molecule has 0 unspecified atom stereocenters. The Morgan fingerprint density at radius 2 is 2.05 bits per heavy atom. The number of nitrogens with zero attached hydrogens (tertiary/aromatic N) is 1. The lowest BCUT2D eigenvalue weighted by molar-refractivity contribution is 0.0995. The average molecular weight is 306 g/mol. The fourth-order valence-corrected chi connectivity index (χ4v) is 1.83. The van der Waals surface area contributed by atoms with E-state index >= 15 is 0 Å². The maximum Gasteiger partial charge on any atom is 0.274 e. The number of nitrogens with two attached hydrogens (primary N) is 1. The number of hydrogen-bond donors (Lipinski definition) is 2. The molecule has 2 aromatic rings. The standard InChI is InChI=1S/C14H12ClN3O3/c1-21-12-3-2-8(13(16)19)6-10(12)18-14(20)11-7-9(15)4-5-17-11/h2-7H,1H3,(H2,16,19)(H,18,20). The molecule has 1 heterocycles. The van der Waals surface area contributed by atoms with Crippen LogP contribution in [0.15, 0.2) is 36.5 Å². The van der Waals surface area contributed by atoms with Crippen LogP contribution >= 0.6 is 11.6 Å². The fraction of sp³-hybridized carbons (Fsp3) is 0.0714. The molecule has 2 rings (SSSR count). The van der Waals surface area contributed by atoms with Crippen LogP contribution in [0.3, 0.4) is 0 Å². The SMILES string of the molecule is COc1ccc(C(N)=O)cc1NC(=O)c1cc(Cl)ccn1. The number of benzene rings is 1. The third kappa shape index (κ3) is 3.49. The molecule has 0 spiro atoms. The third-order valence-electron chi connectivity index (χ3n) is 2.69. The fourth-order valence-electron chi connectivity index (χ4n) is 1.67. The largest absolute Gasteiger partial charge is 0.495 e. The number of methoxy groups -OCH3 is 1. The molecule has 0 aliphatic rings. The molecule has 1 aromatic carbocycles. The Morgan fingerprint density at radius 3 is 2.67 bits per heavy atom. The lowest BCUT2D eigenvalue weighted by Gasteiger charge is -2.11. The first kappa shape index (κ1) is 14.8. The van der Waals surface area contributed by atoms with Gasteiger partial charge in [-0.15, -0.1) is 0 Å². The summed E-state index contributed by atoms with van der Waals surface area (Å²) < 4.78 is 5.13. The van der Waals surface area contributed by atoms with Crippen molar-refractivity contribution in [3.05, 3.63) is 52.8 Å². The summed E-state index contributed by atoms with van der Waals surface area (Å²) in [5.41, 5.74) is 5.94. The number of anilines is 1. The Morgan fingerprint density at radius 1 is 1.29 bits per heavy atom. The van der Waals surface area contributed by atoms with Crippen molar-refractivity contribution in [2.24, 2.45) is 5.73 Å². The van der Waals surface area contributed by atoms with Crippen molar-refractivity contribution in [3.63, 3.8) is 0 Å². The van der Waals surface area contributed by atoms with Gasteiger partial charge in [0.25, 0.3) is 5.91 Å². The van der Waals surface area contributed by atoms with E-state index in [4.69, 9.17) is 22.1 Å². The summed E-state index contributed by atoms with van der Waals surface area (Å²) in [4.78, 5) is 27.2. The van der Waals surface area contributed by atoms with Gasteiger partial charge < -0.3 is 15.8 Å². The molecule has 0 saturated carbocycles. The molecule has 0 aliphatic carbocycles. The van der Waals surface area contributed by atoms with Gasteiger partial charge in [0.05, 0.1) is 12.8 Å². The number of primary amides is 1. The van der Waals surface area contributed by atoms with Crippen LogP contribution < -0.4 is 15.8 Å². The van der Waals surface area contributed by atoms with E-state index in [-0.39, 0.29) is 11.3 Å². The number of amides is 2. The number of carbonyl (C=O) groups excluding carboxylic acids is 2. The van der Waals surface area contributed by atoms with Crippen LogP contribution in [-0.2, 0) is 0 Å². The van der Waals surface area contributed by atoms with Gasteiger partial charge in [0.1, 0.15) is 11.4 Å². The maximum atomic E-state index is 12.1. The highest BCUT2D eigenvalue weighted by Gasteiger charge is 2.13. The summed E-state index contributed by atoms with van der Waals surface area (Å²) >= 11 is 5.81. The molecule has 0 atom stereocenters. The minimum atomic E-state index is -0.603. The van der Waals surface area contributed by atoms with Gasteiger partial charge in [-0.25, -0.2) is 0 Å². The third-order valence-corrected chi connectivity index (χ3v) is 2.92. The molecule has 6 nitrogen and oxygen atoms in total. The quantitative estimate of drug-likeness (QED) is 0.904. The van der Waals surface area contributed by atoms with Crippen molar-refractivity contribution < 1.29 is 14.3 Å². The predicted octanol–water partition coefficient (Wildman–Crippen LogP) is 2.09. The van der Waals surface area contributed by atoms with E-state index in [1.54, 1.807) is 12.1 Å². The van der Waals surface area contributed by atoms with Gasteiger partial charge in [-0.3, -0.25) is 14.6 Å². The van der Waals surface area contributed by atoms with Crippen LogP contribution in [0.4, 0.5) is 5.69 Å². The molecule has 0 bridgehead atoms. The molecule has 1 aromatic heterocycles. The normalized spacial score (nSPS) is 10.0. The van der Waals surface area contributed by atoms with Crippen LogP contribution in [0.2, 0.25) is 5.02 Å². The highest BCUT2D eigenvalue weighted by Crippen LogP contribution is 2.26. The molecule has 7 heteroatoms. The first-order chi connectivity index (χ1) is 10.0. The molecule has 0 fully saturated rings. The summed E-state index contributed by atoms with van der Waals surface area (Å²) in [5, 5.41) is 3.00. The van der Waals surface area contributed by atoms with Gasteiger partial charge in [0, 0.05) is 16.8 Å².